The monoisotopic (exact) mass is 580 g/mol. The molecule has 9 nitrogen and oxygen atoms in total. The zero-order valence-corrected chi connectivity index (χ0v) is 23.3. The summed E-state index contributed by atoms with van der Waals surface area (Å²) in [6, 6.07) is 13.1. The van der Waals surface area contributed by atoms with E-state index in [2.05, 4.69) is 9.88 Å². The summed E-state index contributed by atoms with van der Waals surface area (Å²) >= 11 is 12.7. The Morgan fingerprint density at radius 1 is 1.11 bits per heavy atom. The number of nitrogens with zero attached hydrogens (tertiary/aromatic N) is 4. The van der Waals surface area contributed by atoms with Crippen molar-refractivity contribution in [3.8, 4) is 5.75 Å². The fourth-order valence-corrected chi connectivity index (χ4v) is 6.36. The molecule has 2 aromatic carbocycles. The van der Waals surface area contributed by atoms with Gasteiger partial charge in [0.05, 0.1) is 30.3 Å². The van der Waals surface area contributed by atoms with E-state index in [4.69, 9.17) is 37.4 Å². The van der Waals surface area contributed by atoms with Crippen LogP contribution in [0, 0.1) is 0 Å². The van der Waals surface area contributed by atoms with E-state index in [9.17, 15) is 8.42 Å². The normalized spacial score (nSPS) is 22.6. The van der Waals surface area contributed by atoms with Gasteiger partial charge in [-0.05, 0) is 43.3 Å². The Balaban J connectivity index is 1.20. The number of aromatic nitrogens is 2. The summed E-state index contributed by atoms with van der Waals surface area (Å²) in [5, 5.41) is 0.994. The molecule has 0 N–H and O–H groups in total. The maximum atomic E-state index is 12.1. The number of anilines is 1. The molecule has 3 aromatic rings. The van der Waals surface area contributed by atoms with Crippen molar-refractivity contribution in [2.45, 2.75) is 25.4 Å². The Bertz CT molecular complexity index is 1330. The first-order valence-electron chi connectivity index (χ1n) is 12.5. The Labute approximate surface area is 232 Å². The minimum absolute atomic E-state index is 0.131. The van der Waals surface area contributed by atoms with Crippen molar-refractivity contribution in [1.82, 2.24) is 13.9 Å². The number of piperazine rings is 1. The molecule has 2 atom stereocenters. The number of hydrogen-bond donors (Lipinski definition) is 0. The number of imidazole rings is 1. The molecule has 2 aliphatic heterocycles. The number of sulfonamides is 1. The molecule has 0 aliphatic carbocycles. The zero-order valence-electron chi connectivity index (χ0n) is 21.0. The quantitative estimate of drug-likeness (QED) is 0.378. The van der Waals surface area contributed by atoms with Crippen LogP contribution in [0.15, 0.2) is 61.2 Å². The fraction of sp³-hybridized carbons (Fsp3) is 0.423. The van der Waals surface area contributed by atoms with Gasteiger partial charge in [0.15, 0.2) is 0 Å². The van der Waals surface area contributed by atoms with E-state index in [-0.39, 0.29) is 11.9 Å². The van der Waals surface area contributed by atoms with Crippen LogP contribution in [-0.4, -0.2) is 73.5 Å². The van der Waals surface area contributed by atoms with Crippen molar-refractivity contribution in [2.24, 2.45) is 0 Å². The lowest BCUT2D eigenvalue weighted by molar-refractivity contribution is -0.189. The van der Waals surface area contributed by atoms with E-state index in [0.717, 1.165) is 5.69 Å². The molecule has 0 saturated carbocycles. The molecule has 0 radical (unpaired) electrons. The minimum Gasteiger partial charge on any atom is -0.491 e. The summed E-state index contributed by atoms with van der Waals surface area (Å²) in [4.78, 5) is 6.30. The van der Waals surface area contributed by atoms with Crippen LogP contribution in [0.25, 0.3) is 0 Å². The van der Waals surface area contributed by atoms with Gasteiger partial charge in [-0.1, -0.05) is 29.3 Å². The van der Waals surface area contributed by atoms with Gasteiger partial charge in [0.1, 0.15) is 18.5 Å². The Morgan fingerprint density at radius 2 is 1.87 bits per heavy atom. The van der Waals surface area contributed by atoms with Crippen LogP contribution in [-0.2, 0) is 31.8 Å². The molecule has 38 heavy (non-hydrogen) atoms. The van der Waals surface area contributed by atoms with Crippen LogP contribution in [0.3, 0.4) is 0 Å². The molecule has 0 bridgehead atoms. The molecule has 2 aliphatic rings. The summed E-state index contributed by atoms with van der Waals surface area (Å²) in [5.74, 6) is -0.263. The van der Waals surface area contributed by atoms with Crippen molar-refractivity contribution >= 4 is 38.9 Å². The van der Waals surface area contributed by atoms with Crippen LogP contribution in [0.5, 0.6) is 5.75 Å². The summed E-state index contributed by atoms with van der Waals surface area (Å²) in [5.41, 5.74) is 1.72. The van der Waals surface area contributed by atoms with Gasteiger partial charge < -0.3 is 23.7 Å². The van der Waals surface area contributed by atoms with Crippen LogP contribution < -0.4 is 9.64 Å². The molecular weight excluding hydrogens is 551 g/mol. The van der Waals surface area contributed by atoms with E-state index in [1.165, 1.54) is 0 Å². The van der Waals surface area contributed by atoms with Gasteiger partial charge in [0, 0.05) is 54.8 Å². The van der Waals surface area contributed by atoms with E-state index in [1.807, 2.05) is 41.1 Å². The van der Waals surface area contributed by atoms with Gasteiger partial charge in [-0.25, -0.2) is 13.4 Å². The highest BCUT2D eigenvalue weighted by atomic mass is 35.5. The predicted molar refractivity (Wildman–Crippen MR) is 146 cm³/mol. The highest BCUT2D eigenvalue weighted by Gasteiger charge is 2.45. The van der Waals surface area contributed by atoms with Gasteiger partial charge in [0.2, 0.25) is 15.8 Å². The second kappa shape index (κ2) is 11.4. The third-order valence-corrected chi connectivity index (χ3v) is 9.21. The van der Waals surface area contributed by atoms with Crippen molar-refractivity contribution < 1.29 is 22.6 Å². The first kappa shape index (κ1) is 27.2. The first-order valence-corrected chi connectivity index (χ1v) is 14.8. The maximum absolute atomic E-state index is 12.1. The summed E-state index contributed by atoms with van der Waals surface area (Å²) < 4.78 is 46.4. The van der Waals surface area contributed by atoms with Gasteiger partial charge in [-0.3, -0.25) is 0 Å². The van der Waals surface area contributed by atoms with Crippen molar-refractivity contribution in [3.05, 3.63) is 76.8 Å². The van der Waals surface area contributed by atoms with Crippen LogP contribution in [0.1, 0.15) is 12.5 Å². The van der Waals surface area contributed by atoms with Crippen LogP contribution >= 0.6 is 23.2 Å². The Kier molecular flexibility index (Phi) is 8.18. The highest BCUT2D eigenvalue weighted by Crippen LogP contribution is 2.40. The lowest BCUT2D eigenvalue weighted by Gasteiger charge is -2.35. The van der Waals surface area contributed by atoms with Gasteiger partial charge >= 0.3 is 0 Å². The van der Waals surface area contributed by atoms with Crippen molar-refractivity contribution in [3.63, 3.8) is 0 Å². The lowest BCUT2D eigenvalue weighted by atomic mass is 10.1. The molecule has 3 heterocycles. The van der Waals surface area contributed by atoms with Gasteiger partial charge in [0.25, 0.3) is 0 Å². The van der Waals surface area contributed by atoms with E-state index in [0.29, 0.717) is 67.3 Å². The van der Waals surface area contributed by atoms with Crippen LogP contribution in [0.2, 0.25) is 10.0 Å². The fourth-order valence-electron chi connectivity index (χ4n) is 4.72. The highest BCUT2D eigenvalue weighted by molar-refractivity contribution is 7.89. The number of hydrogen-bond acceptors (Lipinski definition) is 7. The van der Waals surface area contributed by atoms with Gasteiger partial charge in [-0.15, -0.1) is 0 Å². The average Bonchev–Trinajstić information content (AvgIpc) is 3.58. The standard InChI is InChI=1S/C26H30Cl2N4O5S/c1-2-38(33,34)32-13-11-31(12-14-32)21-4-6-22(7-5-21)35-16-23-17-36-26(37-23,18-30-10-9-29-19-30)24-8-3-20(27)15-25(24)28/h3-10,15,19,23H,2,11-14,16-18H2,1H3/t23-,26+/m1/s1. The van der Waals surface area contributed by atoms with E-state index >= 15 is 0 Å². The molecule has 0 spiro atoms. The molecular formula is C26H30Cl2N4O5S. The Morgan fingerprint density at radius 3 is 2.53 bits per heavy atom. The zero-order chi connectivity index (χ0) is 26.8. The lowest BCUT2D eigenvalue weighted by Crippen LogP contribution is -2.49. The molecule has 5 rings (SSSR count). The smallest absolute Gasteiger partial charge is 0.215 e. The molecule has 0 amide bonds. The third-order valence-electron chi connectivity index (χ3n) is 6.79. The number of halogens is 2. The molecule has 12 heteroatoms. The minimum atomic E-state index is -3.15. The molecule has 1 aromatic heterocycles. The first-order chi connectivity index (χ1) is 18.3. The van der Waals surface area contributed by atoms with Crippen LogP contribution in [0.4, 0.5) is 5.69 Å². The topological polar surface area (TPSA) is 86.1 Å². The van der Waals surface area contributed by atoms with E-state index in [1.54, 1.807) is 35.9 Å². The van der Waals surface area contributed by atoms with E-state index < -0.39 is 15.8 Å². The average molecular weight is 582 g/mol. The number of rotatable bonds is 9. The summed E-state index contributed by atoms with van der Waals surface area (Å²) in [6.45, 7) is 4.96. The molecule has 0 unspecified atom stereocenters. The summed E-state index contributed by atoms with van der Waals surface area (Å²) in [7, 11) is -3.15. The SMILES string of the molecule is CCS(=O)(=O)N1CCN(c2ccc(OC[C@@H]3CO[C@](Cn4ccnc4)(c4ccc(Cl)cc4Cl)O3)cc2)CC1. The Hall–Kier alpha value is -2.34. The second-order valence-corrected chi connectivity index (χ2v) is 12.4. The van der Waals surface area contributed by atoms with Gasteiger partial charge in [-0.2, -0.15) is 4.31 Å². The number of benzene rings is 2. The third kappa shape index (κ3) is 5.95. The van der Waals surface area contributed by atoms with Crippen molar-refractivity contribution in [1.29, 1.82) is 0 Å². The predicted octanol–water partition coefficient (Wildman–Crippen LogP) is 4.01. The molecule has 2 saturated heterocycles. The molecule has 204 valence electrons. The van der Waals surface area contributed by atoms with Crippen molar-refractivity contribution in [2.75, 3.05) is 50.0 Å². The summed E-state index contributed by atoms with van der Waals surface area (Å²) in [6.07, 6.45) is 4.92. The second-order valence-electron chi connectivity index (χ2n) is 9.25. The molecule has 2 fully saturated rings. The largest absolute Gasteiger partial charge is 0.491 e. The maximum Gasteiger partial charge on any atom is 0.215 e. The number of ether oxygens (including phenoxy) is 3.